The van der Waals surface area contributed by atoms with E-state index in [1.807, 2.05) is 32.0 Å². The number of aryl methyl sites for hydroxylation is 1. The van der Waals surface area contributed by atoms with E-state index in [9.17, 15) is 4.79 Å². The first-order chi connectivity index (χ1) is 13.0. The van der Waals surface area contributed by atoms with Crippen LogP contribution in [0.15, 0.2) is 42.7 Å². The van der Waals surface area contributed by atoms with Gasteiger partial charge in [0.1, 0.15) is 11.4 Å². The van der Waals surface area contributed by atoms with Crippen molar-refractivity contribution in [1.29, 1.82) is 0 Å². The molecule has 1 unspecified atom stereocenters. The predicted octanol–water partition coefficient (Wildman–Crippen LogP) is 4.14. The van der Waals surface area contributed by atoms with Crippen molar-refractivity contribution in [2.75, 3.05) is 18.6 Å². The number of anilines is 1. The molecule has 7 heteroatoms. The van der Waals surface area contributed by atoms with Crippen LogP contribution in [-0.4, -0.2) is 34.3 Å². The Balaban J connectivity index is 1.79. The van der Waals surface area contributed by atoms with Crippen molar-refractivity contribution in [2.45, 2.75) is 19.9 Å². The number of methoxy groups -OCH3 is 1. The van der Waals surface area contributed by atoms with Crippen LogP contribution in [0.4, 0.5) is 5.69 Å². The number of carbonyl (C=O) groups is 1. The van der Waals surface area contributed by atoms with Gasteiger partial charge in [0.25, 0.3) is 5.91 Å². The molecule has 0 spiro atoms. The van der Waals surface area contributed by atoms with Crippen LogP contribution in [0.25, 0.3) is 11.1 Å². The third-order valence-electron chi connectivity index (χ3n) is 4.76. The highest BCUT2D eigenvalue weighted by atomic mass is 35.5. The fourth-order valence-electron chi connectivity index (χ4n) is 3.43. The SMILES string of the molecule is COc1ccc(N2CC(C)n3ncc(-c4ccnc(C)c4)c3C2=O)cc1Cl. The molecule has 1 aliphatic rings. The van der Waals surface area contributed by atoms with Gasteiger partial charge in [-0.2, -0.15) is 5.10 Å². The molecule has 0 aliphatic carbocycles. The first-order valence-electron chi connectivity index (χ1n) is 8.65. The van der Waals surface area contributed by atoms with E-state index in [-0.39, 0.29) is 11.9 Å². The van der Waals surface area contributed by atoms with Crippen LogP contribution in [0.2, 0.25) is 5.02 Å². The summed E-state index contributed by atoms with van der Waals surface area (Å²) in [5, 5.41) is 4.94. The van der Waals surface area contributed by atoms with Crippen LogP contribution < -0.4 is 9.64 Å². The molecule has 4 rings (SSSR count). The summed E-state index contributed by atoms with van der Waals surface area (Å²) in [5.41, 5.74) is 3.94. The minimum atomic E-state index is -0.101. The summed E-state index contributed by atoms with van der Waals surface area (Å²) in [6.45, 7) is 4.49. The maximum absolute atomic E-state index is 13.3. The standard InChI is InChI=1S/C20H19ClN4O2/c1-12-8-14(6-7-22-12)16-10-23-25-13(2)11-24(20(26)19(16)25)15-4-5-18(27-3)17(21)9-15/h4-10,13H,11H2,1-3H3. The summed E-state index contributed by atoms with van der Waals surface area (Å²) in [7, 11) is 1.57. The van der Waals surface area contributed by atoms with Gasteiger partial charge < -0.3 is 9.64 Å². The van der Waals surface area contributed by atoms with Gasteiger partial charge in [-0.15, -0.1) is 0 Å². The molecule has 2 aromatic heterocycles. The first kappa shape index (κ1) is 17.5. The molecule has 6 nitrogen and oxygen atoms in total. The number of rotatable bonds is 3. The van der Waals surface area contributed by atoms with Crippen LogP contribution in [0, 0.1) is 6.92 Å². The molecule has 1 atom stereocenters. The summed E-state index contributed by atoms with van der Waals surface area (Å²) in [6.07, 6.45) is 3.50. The highest BCUT2D eigenvalue weighted by Gasteiger charge is 2.34. The average molecular weight is 383 g/mol. The number of aromatic nitrogens is 3. The zero-order valence-corrected chi connectivity index (χ0v) is 16.1. The molecule has 1 amide bonds. The molecular formula is C20H19ClN4O2. The maximum atomic E-state index is 13.3. The number of fused-ring (bicyclic) bond motifs is 1. The second-order valence-electron chi connectivity index (χ2n) is 6.62. The molecule has 3 heterocycles. The molecule has 0 N–H and O–H groups in total. The Morgan fingerprint density at radius 1 is 1.26 bits per heavy atom. The monoisotopic (exact) mass is 382 g/mol. The quantitative estimate of drug-likeness (QED) is 0.683. The van der Waals surface area contributed by atoms with Gasteiger partial charge in [-0.05, 0) is 49.7 Å². The van der Waals surface area contributed by atoms with E-state index >= 15 is 0 Å². The fraction of sp³-hybridized carbons (Fsp3) is 0.250. The lowest BCUT2D eigenvalue weighted by Gasteiger charge is -2.32. The second kappa shape index (κ2) is 6.70. The second-order valence-corrected chi connectivity index (χ2v) is 7.03. The van der Waals surface area contributed by atoms with Gasteiger partial charge in [0, 0.05) is 29.7 Å². The maximum Gasteiger partial charge on any atom is 0.277 e. The number of carbonyl (C=O) groups excluding carboxylic acids is 1. The zero-order chi connectivity index (χ0) is 19.1. The van der Waals surface area contributed by atoms with Crippen molar-refractivity contribution < 1.29 is 9.53 Å². The van der Waals surface area contributed by atoms with Gasteiger partial charge >= 0.3 is 0 Å². The Morgan fingerprint density at radius 2 is 2.07 bits per heavy atom. The van der Waals surface area contributed by atoms with Crippen LogP contribution >= 0.6 is 11.6 Å². The number of ether oxygens (including phenoxy) is 1. The molecule has 1 aromatic carbocycles. The molecule has 0 fully saturated rings. The fourth-order valence-corrected chi connectivity index (χ4v) is 3.68. The minimum absolute atomic E-state index is 0.0373. The molecule has 0 saturated carbocycles. The Morgan fingerprint density at radius 3 is 2.78 bits per heavy atom. The van der Waals surface area contributed by atoms with Gasteiger partial charge in [0.2, 0.25) is 0 Å². The summed E-state index contributed by atoms with van der Waals surface area (Å²) >= 11 is 6.27. The third kappa shape index (κ3) is 2.96. The topological polar surface area (TPSA) is 60.2 Å². The third-order valence-corrected chi connectivity index (χ3v) is 5.06. The molecule has 0 radical (unpaired) electrons. The lowest BCUT2D eigenvalue weighted by Crippen LogP contribution is -2.42. The Hall–Kier alpha value is -2.86. The first-order valence-corrected chi connectivity index (χ1v) is 9.03. The number of hydrogen-bond donors (Lipinski definition) is 0. The van der Waals surface area contributed by atoms with E-state index in [2.05, 4.69) is 10.1 Å². The van der Waals surface area contributed by atoms with Crippen molar-refractivity contribution in [3.63, 3.8) is 0 Å². The molecule has 3 aromatic rings. The van der Waals surface area contributed by atoms with E-state index in [1.165, 1.54) is 0 Å². The molecule has 0 bridgehead atoms. The van der Waals surface area contributed by atoms with Gasteiger partial charge in [-0.3, -0.25) is 14.5 Å². The lowest BCUT2D eigenvalue weighted by atomic mass is 10.0. The van der Waals surface area contributed by atoms with Gasteiger partial charge in [-0.25, -0.2) is 0 Å². The number of nitrogens with zero attached hydrogens (tertiary/aromatic N) is 4. The smallest absolute Gasteiger partial charge is 0.277 e. The number of benzene rings is 1. The average Bonchev–Trinajstić information content (AvgIpc) is 3.11. The Bertz CT molecular complexity index is 1030. The van der Waals surface area contributed by atoms with Crippen LogP contribution in [0.1, 0.15) is 29.1 Å². The molecule has 138 valence electrons. The van der Waals surface area contributed by atoms with Gasteiger partial charge in [-0.1, -0.05) is 11.6 Å². The summed E-state index contributed by atoms with van der Waals surface area (Å²) in [6, 6.07) is 9.26. The Labute approximate surface area is 162 Å². The largest absolute Gasteiger partial charge is 0.495 e. The van der Waals surface area contributed by atoms with Crippen LogP contribution in [0.3, 0.4) is 0 Å². The molecule has 0 saturated heterocycles. The van der Waals surface area contributed by atoms with E-state index < -0.39 is 0 Å². The van der Waals surface area contributed by atoms with Crippen molar-refractivity contribution in [3.05, 3.63) is 59.1 Å². The minimum Gasteiger partial charge on any atom is -0.495 e. The number of halogens is 1. The van der Waals surface area contributed by atoms with E-state index in [0.29, 0.717) is 23.0 Å². The van der Waals surface area contributed by atoms with Crippen molar-refractivity contribution >= 4 is 23.2 Å². The van der Waals surface area contributed by atoms with Crippen LogP contribution in [0.5, 0.6) is 5.75 Å². The number of pyridine rings is 1. The molecule has 27 heavy (non-hydrogen) atoms. The van der Waals surface area contributed by atoms with Crippen LogP contribution in [-0.2, 0) is 0 Å². The van der Waals surface area contributed by atoms with Gasteiger partial charge in [0.15, 0.2) is 0 Å². The zero-order valence-electron chi connectivity index (χ0n) is 15.3. The molecular weight excluding hydrogens is 364 g/mol. The summed E-state index contributed by atoms with van der Waals surface area (Å²) in [4.78, 5) is 19.3. The van der Waals surface area contributed by atoms with Crippen molar-refractivity contribution in [2.24, 2.45) is 0 Å². The normalized spacial score (nSPS) is 16.4. The van der Waals surface area contributed by atoms with Crippen molar-refractivity contribution in [1.82, 2.24) is 14.8 Å². The highest BCUT2D eigenvalue weighted by molar-refractivity contribution is 6.32. The van der Waals surface area contributed by atoms with E-state index in [1.54, 1.807) is 41.2 Å². The predicted molar refractivity (Wildman–Crippen MR) is 105 cm³/mol. The van der Waals surface area contributed by atoms with E-state index in [4.69, 9.17) is 16.3 Å². The van der Waals surface area contributed by atoms with Gasteiger partial charge in [0.05, 0.1) is 24.4 Å². The Kier molecular flexibility index (Phi) is 4.36. The molecule has 1 aliphatic heterocycles. The van der Waals surface area contributed by atoms with E-state index in [0.717, 1.165) is 22.5 Å². The summed E-state index contributed by atoms with van der Waals surface area (Å²) < 4.78 is 7.01. The summed E-state index contributed by atoms with van der Waals surface area (Å²) in [5.74, 6) is 0.479. The highest BCUT2D eigenvalue weighted by Crippen LogP contribution is 2.35. The lowest BCUT2D eigenvalue weighted by molar-refractivity contribution is 0.0954. The van der Waals surface area contributed by atoms with Crippen molar-refractivity contribution in [3.8, 4) is 16.9 Å². The number of amides is 1. The number of hydrogen-bond acceptors (Lipinski definition) is 4.